The fraction of sp³-hybridized carbons (Fsp3) is 0.250. The number of benzene rings is 1. The van der Waals surface area contributed by atoms with Gasteiger partial charge >= 0.3 is 0 Å². The van der Waals surface area contributed by atoms with Crippen LogP contribution in [0.2, 0.25) is 5.02 Å². The summed E-state index contributed by atoms with van der Waals surface area (Å²) >= 11 is 5.95. The number of carbonyl (C=O) groups excluding carboxylic acids is 1. The lowest BCUT2D eigenvalue weighted by Crippen LogP contribution is -2.09. The minimum atomic E-state index is -0.400. The van der Waals surface area contributed by atoms with Crippen LogP contribution in [-0.2, 0) is 13.0 Å². The van der Waals surface area contributed by atoms with Crippen LogP contribution >= 0.6 is 11.6 Å². The Bertz CT molecular complexity index is 695. The number of aromatic nitrogens is 1. The Labute approximate surface area is 127 Å². The summed E-state index contributed by atoms with van der Waals surface area (Å²) in [5.74, 6) is -0.0844. The number of nitrogens with zero attached hydrogens (tertiary/aromatic N) is 2. The second-order valence-corrected chi connectivity index (χ2v) is 4.96. The summed E-state index contributed by atoms with van der Waals surface area (Å²) in [5.41, 5.74) is 0.837. The first-order valence-corrected chi connectivity index (χ1v) is 6.99. The molecule has 2 rings (SSSR count). The van der Waals surface area contributed by atoms with E-state index in [1.807, 2.05) is 6.92 Å². The summed E-state index contributed by atoms with van der Waals surface area (Å²) in [6, 6.07) is 7.74. The van der Waals surface area contributed by atoms with Crippen molar-refractivity contribution in [3.63, 3.8) is 0 Å². The molecule has 0 saturated heterocycles. The number of Topliss-reactive ketones (excluding diaryl/α,β-unsaturated/α-hetero) is 1. The van der Waals surface area contributed by atoms with Gasteiger partial charge in [-0.1, -0.05) is 24.2 Å². The van der Waals surface area contributed by atoms with E-state index in [0.29, 0.717) is 28.6 Å². The molecule has 108 valence electrons. The zero-order valence-electron chi connectivity index (χ0n) is 11.6. The van der Waals surface area contributed by atoms with Crippen LogP contribution in [0.1, 0.15) is 29.4 Å². The number of hydrogen-bond acceptors (Lipinski definition) is 1. The maximum Gasteiger partial charge on any atom is 0.230 e. The van der Waals surface area contributed by atoms with Crippen LogP contribution < -0.4 is 0 Å². The number of halogens is 2. The first-order valence-electron chi connectivity index (χ1n) is 6.61. The van der Waals surface area contributed by atoms with Crippen LogP contribution in [0.3, 0.4) is 0 Å². The molecule has 0 radical (unpaired) electrons. The molecule has 0 amide bonds. The fourth-order valence-corrected chi connectivity index (χ4v) is 2.53. The topological polar surface area (TPSA) is 26.4 Å². The number of carbonyl (C=O) groups is 1. The second-order valence-electron chi connectivity index (χ2n) is 4.56. The second kappa shape index (κ2) is 6.55. The molecule has 0 fully saturated rings. The van der Waals surface area contributed by atoms with Crippen LogP contribution in [0.5, 0.6) is 0 Å². The van der Waals surface area contributed by atoms with Gasteiger partial charge in [-0.3, -0.25) is 9.36 Å². The highest BCUT2D eigenvalue weighted by Crippen LogP contribution is 2.23. The largest absolute Gasteiger partial charge is 0.364 e. The molecule has 0 N–H and O–H groups in total. The molecule has 0 aliphatic rings. The van der Waals surface area contributed by atoms with Crippen LogP contribution in [0.25, 0.3) is 4.85 Å². The Balaban J connectivity index is 2.16. The Hall–Kier alpha value is -2.12. The number of hydrogen-bond donors (Lipinski definition) is 0. The molecule has 0 atom stereocenters. The molecule has 2 aromatic rings. The van der Waals surface area contributed by atoms with Crippen molar-refractivity contribution in [2.75, 3.05) is 0 Å². The summed E-state index contributed by atoms with van der Waals surface area (Å²) < 4.78 is 15.3. The van der Waals surface area contributed by atoms with E-state index in [1.54, 1.807) is 22.8 Å². The van der Waals surface area contributed by atoms with Gasteiger partial charge < -0.3 is 4.85 Å². The van der Waals surface area contributed by atoms with Gasteiger partial charge in [0.05, 0.1) is 6.54 Å². The molecule has 0 unspecified atom stereocenters. The maximum atomic E-state index is 13.7. The molecule has 0 bridgehead atoms. The lowest BCUT2D eigenvalue weighted by Gasteiger charge is -2.06. The summed E-state index contributed by atoms with van der Waals surface area (Å²) in [6.07, 6.45) is 0.398. The molecule has 1 heterocycles. The van der Waals surface area contributed by atoms with Gasteiger partial charge in [-0.25, -0.2) is 4.39 Å². The molecule has 0 spiro atoms. The molecular formula is C16H14ClFN2O. The average Bonchev–Trinajstić information content (AvgIpc) is 2.89. The third-order valence-electron chi connectivity index (χ3n) is 3.34. The van der Waals surface area contributed by atoms with Crippen molar-refractivity contribution in [2.45, 2.75) is 26.3 Å². The molecule has 5 heteroatoms. The lowest BCUT2D eigenvalue weighted by atomic mass is 10.1. The molecule has 1 aromatic carbocycles. The van der Waals surface area contributed by atoms with Crippen LogP contribution in [0.4, 0.5) is 10.2 Å². The van der Waals surface area contributed by atoms with Crippen LogP contribution in [-0.4, -0.2) is 10.4 Å². The molecule has 3 nitrogen and oxygen atoms in total. The number of rotatable bonds is 5. The van der Waals surface area contributed by atoms with E-state index in [9.17, 15) is 9.18 Å². The highest BCUT2D eigenvalue weighted by atomic mass is 35.5. The van der Waals surface area contributed by atoms with Crippen molar-refractivity contribution >= 4 is 23.2 Å². The minimum Gasteiger partial charge on any atom is -0.364 e. The average molecular weight is 305 g/mol. The third-order valence-corrected chi connectivity index (χ3v) is 3.69. The van der Waals surface area contributed by atoms with E-state index >= 15 is 0 Å². The van der Waals surface area contributed by atoms with E-state index in [4.69, 9.17) is 18.2 Å². The van der Waals surface area contributed by atoms with E-state index in [-0.39, 0.29) is 18.6 Å². The summed E-state index contributed by atoms with van der Waals surface area (Å²) in [5, 5.41) is 0.329. The van der Waals surface area contributed by atoms with Crippen molar-refractivity contribution < 1.29 is 9.18 Å². The van der Waals surface area contributed by atoms with E-state index < -0.39 is 5.82 Å². The van der Waals surface area contributed by atoms with Crippen molar-refractivity contribution in [3.8, 4) is 0 Å². The molecule has 0 saturated carbocycles. The Kier molecular flexibility index (Phi) is 4.77. The Morgan fingerprint density at radius 3 is 2.76 bits per heavy atom. The van der Waals surface area contributed by atoms with Gasteiger partial charge in [0.15, 0.2) is 5.69 Å². The summed E-state index contributed by atoms with van der Waals surface area (Å²) in [7, 11) is 0. The van der Waals surface area contributed by atoms with Gasteiger partial charge in [0.2, 0.25) is 11.6 Å². The van der Waals surface area contributed by atoms with Gasteiger partial charge in [0.25, 0.3) is 0 Å². The van der Waals surface area contributed by atoms with Crippen molar-refractivity contribution in [2.24, 2.45) is 0 Å². The third kappa shape index (κ3) is 3.14. The standard InChI is InChI=1S/C16H14ClFN2O/c1-3-20-14(8-10-16(20)19-2)15(21)9-7-11-12(17)5-4-6-13(11)18/h4-6,8,10H,3,7,9H2,1H3. The van der Waals surface area contributed by atoms with Gasteiger partial charge in [-0.05, 0) is 37.6 Å². The fourth-order valence-electron chi connectivity index (χ4n) is 2.27. The maximum absolute atomic E-state index is 13.7. The van der Waals surface area contributed by atoms with Gasteiger partial charge in [0.1, 0.15) is 5.82 Å². The highest BCUT2D eigenvalue weighted by Gasteiger charge is 2.17. The minimum absolute atomic E-state index is 0.119. The summed E-state index contributed by atoms with van der Waals surface area (Å²) in [4.78, 5) is 15.6. The number of ketones is 1. The first-order chi connectivity index (χ1) is 10.1. The zero-order chi connectivity index (χ0) is 15.4. The monoisotopic (exact) mass is 304 g/mol. The smallest absolute Gasteiger partial charge is 0.230 e. The van der Waals surface area contributed by atoms with Crippen molar-refractivity contribution in [3.05, 3.63) is 63.8 Å². The van der Waals surface area contributed by atoms with Gasteiger partial charge in [-0.15, -0.1) is 0 Å². The van der Waals surface area contributed by atoms with Gasteiger partial charge in [0, 0.05) is 17.0 Å². The predicted octanol–water partition coefficient (Wildman–Crippen LogP) is 4.67. The zero-order valence-corrected chi connectivity index (χ0v) is 12.3. The van der Waals surface area contributed by atoms with Crippen molar-refractivity contribution in [1.82, 2.24) is 4.57 Å². The normalized spacial score (nSPS) is 10.4. The molecular weight excluding hydrogens is 291 g/mol. The van der Waals surface area contributed by atoms with Crippen molar-refractivity contribution in [1.29, 1.82) is 0 Å². The van der Waals surface area contributed by atoms with E-state index in [0.717, 1.165) is 0 Å². The van der Waals surface area contributed by atoms with E-state index in [1.165, 1.54) is 12.1 Å². The Morgan fingerprint density at radius 2 is 2.14 bits per heavy atom. The lowest BCUT2D eigenvalue weighted by molar-refractivity contribution is 0.0974. The summed E-state index contributed by atoms with van der Waals surface area (Å²) in [6.45, 7) is 9.48. The van der Waals surface area contributed by atoms with Crippen LogP contribution in [0.15, 0.2) is 30.3 Å². The molecule has 1 aromatic heterocycles. The SMILES string of the molecule is [C-]#[N+]c1ccc(C(=O)CCc2c(F)cccc2Cl)n1CC. The first kappa shape index (κ1) is 15.3. The quantitative estimate of drug-likeness (QED) is 0.582. The molecule has 21 heavy (non-hydrogen) atoms. The van der Waals surface area contributed by atoms with Gasteiger partial charge in [-0.2, -0.15) is 0 Å². The highest BCUT2D eigenvalue weighted by molar-refractivity contribution is 6.31. The Morgan fingerprint density at radius 1 is 1.38 bits per heavy atom. The molecule has 0 aliphatic heterocycles. The van der Waals surface area contributed by atoms with E-state index in [2.05, 4.69) is 4.85 Å². The molecule has 0 aliphatic carbocycles. The predicted molar refractivity (Wildman–Crippen MR) is 80.4 cm³/mol. The van der Waals surface area contributed by atoms with Crippen LogP contribution in [0, 0.1) is 12.4 Å².